The quantitative estimate of drug-likeness (QED) is 0.562. The van der Waals surface area contributed by atoms with E-state index in [2.05, 4.69) is 59.7 Å². The lowest BCUT2D eigenvalue weighted by Gasteiger charge is -2.14. The molecule has 21 heavy (non-hydrogen) atoms. The summed E-state index contributed by atoms with van der Waals surface area (Å²) in [6.07, 6.45) is 0.797. The fourth-order valence-electron chi connectivity index (χ4n) is 2.75. The van der Waals surface area contributed by atoms with Gasteiger partial charge in [0.05, 0.1) is 17.3 Å². The minimum absolute atomic E-state index is 0.105. The van der Waals surface area contributed by atoms with Gasteiger partial charge in [-0.05, 0) is 36.9 Å². The number of hydrogen-bond acceptors (Lipinski definition) is 4. The molecule has 0 amide bonds. The number of nitrogens with two attached hydrogens (primary N) is 1. The molecule has 5 heteroatoms. The van der Waals surface area contributed by atoms with Crippen LogP contribution in [0.3, 0.4) is 0 Å². The first-order valence-corrected chi connectivity index (χ1v) is 8.07. The van der Waals surface area contributed by atoms with Gasteiger partial charge in [-0.1, -0.05) is 18.2 Å². The molecule has 0 aliphatic carbocycles. The summed E-state index contributed by atoms with van der Waals surface area (Å²) in [5, 5.41) is 8.09. The SMILES string of the molecule is CCn1nc(CC(NN)c2sccc2C)c2ccccc21. The molecule has 0 bridgehead atoms. The van der Waals surface area contributed by atoms with Gasteiger partial charge in [0.1, 0.15) is 0 Å². The molecule has 0 saturated carbocycles. The number of thiophene rings is 1. The zero-order valence-corrected chi connectivity index (χ0v) is 13.2. The predicted molar refractivity (Wildman–Crippen MR) is 88.2 cm³/mol. The first-order valence-electron chi connectivity index (χ1n) is 7.19. The first-order chi connectivity index (χ1) is 10.2. The molecular weight excluding hydrogens is 280 g/mol. The fraction of sp³-hybridized carbons (Fsp3) is 0.312. The van der Waals surface area contributed by atoms with Crippen molar-refractivity contribution in [2.75, 3.05) is 0 Å². The summed E-state index contributed by atoms with van der Waals surface area (Å²) in [6.45, 7) is 5.11. The average molecular weight is 300 g/mol. The number of hydrogen-bond donors (Lipinski definition) is 2. The highest BCUT2D eigenvalue weighted by Crippen LogP contribution is 2.28. The largest absolute Gasteiger partial charge is 0.271 e. The van der Waals surface area contributed by atoms with Gasteiger partial charge >= 0.3 is 0 Å². The predicted octanol–water partition coefficient (Wildman–Crippen LogP) is 3.17. The molecule has 2 heterocycles. The topological polar surface area (TPSA) is 55.9 Å². The molecule has 0 radical (unpaired) electrons. The van der Waals surface area contributed by atoms with E-state index in [-0.39, 0.29) is 6.04 Å². The number of benzene rings is 1. The second-order valence-electron chi connectivity index (χ2n) is 5.17. The first kappa shape index (κ1) is 14.3. The lowest BCUT2D eigenvalue weighted by molar-refractivity contribution is 0.545. The molecule has 2 aromatic heterocycles. The van der Waals surface area contributed by atoms with Gasteiger partial charge in [0, 0.05) is 23.2 Å². The summed E-state index contributed by atoms with van der Waals surface area (Å²) in [5.41, 5.74) is 6.52. The number of nitrogens with zero attached hydrogens (tertiary/aromatic N) is 2. The molecule has 0 aliphatic heterocycles. The van der Waals surface area contributed by atoms with Crippen molar-refractivity contribution in [2.24, 2.45) is 5.84 Å². The molecule has 3 N–H and O–H groups in total. The van der Waals surface area contributed by atoms with Crippen molar-refractivity contribution in [3.8, 4) is 0 Å². The third-order valence-corrected chi connectivity index (χ3v) is 4.98. The van der Waals surface area contributed by atoms with E-state index in [4.69, 9.17) is 10.9 Å². The monoisotopic (exact) mass is 300 g/mol. The maximum atomic E-state index is 5.79. The van der Waals surface area contributed by atoms with E-state index in [0.29, 0.717) is 0 Å². The number of rotatable bonds is 5. The Morgan fingerprint density at radius 2 is 2.14 bits per heavy atom. The van der Waals surface area contributed by atoms with Crippen LogP contribution in [0.15, 0.2) is 35.7 Å². The third kappa shape index (κ3) is 2.60. The molecule has 110 valence electrons. The number of para-hydroxylation sites is 1. The summed E-state index contributed by atoms with van der Waals surface area (Å²) in [5.74, 6) is 5.79. The van der Waals surface area contributed by atoms with Gasteiger partial charge in [0.2, 0.25) is 0 Å². The Morgan fingerprint density at radius 3 is 2.81 bits per heavy atom. The maximum absolute atomic E-state index is 5.79. The summed E-state index contributed by atoms with van der Waals surface area (Å²) in [6, 6.07) is 10.6. The molecule has 1 atom stereocenters. The second-order valence-corrected chi connectivity index (χ2v) is 6.12. The maximum Gasteiger partial charge on any atom is 0.0723 e. The molecule has 0 saturated heterocycles. The standard InChI is InChI=1S/C16H20N4S/c1-3-20-15-7-5-4-6-12(15)13(19-20)10-14(18-17)16-11(2)8-9-21-16/h4-9,14,18H,3,10,17H2,1-2H3. The van der Waals surface area contributed by atoms with E-state index >= 15 is 0 Å². The highest BCUT2D eigenvalue weighted by atomic mass is 32.1. The summed E-state index contributed by atoms with van der Waals surface area (Å²) >= 11 is 1.74. The highest BCUT2D eigenvalue weighted by molar-refractivity contribution is 7.10. The van der Waals surface area contributed by atoms with Gasteiger partial charge in [-0.25, -0.2) is 0 Å². The van der Waals surface area contributed by atoms with E-state index in [1.165, 1.54) is 21.3 Å². The van der Waals surface area contributed by atoms with Gasteiger partial charge < -0.3 is 0 Å². The molecule has 0 fully saturated rings. The number of aromatic nitrogens is 2. The van der Waals surface area contributed by atoms with Crippen molar-refractivity contribution in [3.63, 3.8) is 0 Å². The molecular formula is C16H20N4S. The lowest BCUT2D eigenvalue weighted by Crippen LogP contribution is -2.29. The van der Waals surface area contributed by atoms with Crippen LogP contribution in [0.1, 0.15) is 29.1 Å². The van der Waals surface area contributed by atoms with Crippen molar-refractivity contribution < 1.29 is 0 Å². The second kappa shape index (κ2) is 5.97. The third-order valence-electron chi connectivity index (χ3n) is 3.85. The van der Waals surface area contributed by atoms with E-state index in [0.717, 1.165) is 18.7 Å². The van der Waals surface area contributed by atoms with Crippen molar-refractivity contribution in [2.45, 2.75) is 32.9 Å². The number of nitrogens with one attached hydrogen (secondary N) is 1. The van der Waals surface area contributed by atoms with Crippen molar-refractivity contribution in [1.82, 2.24) is 15.2 Å². The van der Waals surface area contributed by atoms with E-state index in [1.54, 1.807) is 11.3 Å². The van der Waals surface area contributed by atoms with Gasteiger partial charge in [-0.3, -0.25) is 16.0 Å². The van der Waals surface area contributed by atoms with Crippen molar-refractivity contribution in [3.05, 3.63) is 51.8 Å². The van der Waals surface area contributed by atoms with Gasteiger partial charge in [0.25, 0.3) is 0 Å². The molecule has 1 aromatic carbocycles. The Bertz CT molecular complexity index is 744. The Kier molecular flexibility index (Phi) is 4.05. The molecule has 0 spiro atoms. The summed E-state index contributed by atoms with van der Waals surface area (Å²) < 4.78 is 2.06. The summed E-state index contributed by atoms with van der Waals surface area (Å²) in [4.78, 5) is 1.28. The van der Waals surface area contributed by atoms with E-state index < -0.39 is 0 Å². The molecule has 4 nitrogen and oxygen atoms in total. The van der Waals surface area contributed by atoms with E-state index in [1.807, 2.05) is 0 Å². The van der Waals surface area contributed by atoms with Crippen LogP contribution in [-0.2, 0) is 13.0 Å². The number of fused-ring (bicyclic) bond motifs is 1. The number of hydrazine groups is 1. The van der Waals surface area contributed by atoms with Crippen molar-refractivity contribution in [1.29, 1.82) is 0 Å². The van der Waals surface area contributed by atoms with Crippen LogP contribution < -0.4 is 11.3 Å². The highest BCUT2D eigenvalue weighted by Gasteiger charge is 2.18. The normalized spacial score (nSPS) is 12.9. The zero-order chi connectivity index (χ0) is 14.8. The van der Waals surface area contributed by atoms with Gasteiger partial charge in [0.15, 0.2) is 0 Å². The minimum atomic E-state index is 0.105. The van der Waals surface area contributed by atoms with Crippen LogP contribution in [0.4, 0.5) is 0 Å². The van der Waals surface area contributed by atoms with Crippen LogP contribution in [0, 0.1) is 6.92 Å². The Morgan fingerprint density at radius 1 is 1.33 bits per heavy atom. The van der Waals surface area contributed by atoms with E-state index in [9.17, 15) is 0 Å². The molecule has 3 aromatic rings. The molecule has 0 aliphatic rings. The van der Waals surface area contributed by atoms with Crippen LogP contribution in [0.2, 0.25) is 0 Å². The Hall–Kier alpha value is -1.69. The average Bonchev–Trinajstić information content (AvgIpc) is 3.09. The minimum Gasteiger partial charge on any atom is -0.271 e. The summed E-state index contributed by atoms with van der Waals surface area (Å²) in [7, 11) is 0. The molecule has 1 unspecified atom stereocenters. The van der Waals surface area contributed by atoms with Crippen LogP contribution in [0.25, 0.3) is 10.9 Å². The van der Waals surface area contributed by atoms with Crippen LogP contribution in [0.5, 0.6) is 0 Å². The Labute approximate surface area is 128 Å². The smallest absolute Gasteiger partial charge is 0.0723 e. The fourth-order valence-corrected chi connectivity index (χ4v) is 3.74. The van der Waals surface area contributed by atoms with Crippen LogP contribution in [-0.4, -0.2) is 9.78 Å². The van der Waals surface area contributed by atoms with Gasteiger partial charge in [-0.2, -0.15) is 5.10 Å². The zero-order valence-electron chi connectivity index (χ0n) is 12.3. The Balaban J connectivity index is 1.99. The van der Waals surface area contributed by atoms with Gasteiger partial charge in [-0.15, -0.1) is 11.3 Å². The molecule has 3 rings (SSSR count). The van der Waals surface area contributed by atoms with Crippen molar-refractivity contribution >= 4 is 22.2 Å². The van der Waals surface area contributed by atoms with Crippen LogP contribution >= 0.6 is 11.3 Å². The number of aryl methyl sites for hydroxylation is 2. The lowest BCUT2D eigenvalue weighted by atomic mass is 10.0.